The maximum absolute atomic E-state index is 13.1. The summed E-state index contributed by atoms with van der Waals surface area (Å²) in [4.78, 5) is 12.1. The second kappa shape index (κ2) is 6.51. The minimum Gasteiger partial charge on any atom is -0.382 e. The van der Waals surface area contributed by atoms with Crippen LogP contribution in [0, 0.1) is 5.82 Å². The third-order valence-corrected chi connectivity index (χ3v) is 2.81. The van der Waals surface area contributed by atoms with Gasteiger partial charge in [-0.3, -0.25) is 4.72 Å². The molecule has 0 saturated carbocycles. The van der Waals surface area contributed by atoms with Crippen molar-refractivity contribution in [1.29, 1.82) is 0 Å². The minimum atomic E-state index is -0.546. The van der Waals surface area contributed by atoms with E-state index in [0.29, 0.717) is 17.9 Å². The highest BCUT2D eigenvalue weighted by atomic mass is 35.5. The quantitative estimate of drug-likeness (QED) is 0.349. The predicted octanol–water partition coefficient (Wildman–Crippen LogP) is 2.64. The summed E-state index contributed by atoms with van der Waals surface area (Å²) in [5, 5.41) is -0.0608. The van der Waals surface area contributed by atoms with Gasteiger partial charge in [-0.15, -0.1) is 0 Å². The first kappa shape index (κ1) is 14.5. The molecule has 0 atom stereocenters. The van der Waals surface area contributed by atoms with Crippen molar-refractivity contribution in [3.63, 3.8) is 0 Å². The summed E-state index contributed by atoms with van der Waals surface area (Å²) in [6.45, 7) is 0. The summed E-state index contributed by atoms with van der Waals surface area (Å²) in [6, 6.07) is 3.95. The molecule has 0 bridgehead atoms. The van der Waals surface area contributed by atoms with Crippen LogP contribution in [0.1, 0.15) is 5.69 Å². The normalized spacial score (nSPS) is 11.4. The van der Waals surface area contributed by atoms with E-state index < -0.39 is 5.82 Å². The number of aliphatic imine (C=N–C) groups is 1. The Balaban J connectivity index is 2.44. The van der Waals surface area contributed by atoms with Crippen LogP contribution in [0.15, 0.2) is 35.6 Å². The molecule has 0 saturated heterocycles. The number of nitrogen functional groups attached to an aromatic ring is 1. The van der Waals surface area contributed by atoms with Gasteiger partial charge in [0.1, 0.15) is 23.7 Å². The van der Waals surface area contributed by atoms with Crippen molar-refractivity contribution in [2.24, 2.45) is 4.99 Å². The first-order valence-corrected chi connectivity index (χ1v) is 6.44. The van der Waals surface area contributed by atoms with Crippen LogP contribution in [-0.4, -0.2) is 20.4 Å². The van der Waals surface area contributed by atoms with E-state index >= 15 is 0 Å². The Bertz CT molecular complexity index is 654. The fourth-order valence-corrected chi connectivity index (χ4v) is 1.79. The van der Waals surface area contributed by atoms with Crippen LogP contribution in [0.25, 0.3) is 0 Å². The molecule has 20 heavy (non-hydrogen) atoms. The van der Waals surface area contributed by atoms with Gasteiger partial charge in [0.2, 0.25) is 0 Å². The Morgan fingerprint density at radius 2 is 2.15 bits per heavy atom. The lowest BCUT2D eigenvalue weighted by atomic mass is 10.3. The number of aromatic nitrogens is 2. The molecule has 0 aliphatic rings. The Kier molecular flexibility index (Phi) is 4.72. The smallest absolute Gasteiger partial charge is 0.168 e. The number of anilines is 1. The van der Waals surface area contributed by atoms with Crippen molar-refractivity contribution in [3.05, 3.63) is 47.1 Å². The number of hydrogen-bond acceptors (Lipinski definition) is 6. The molecule has 0 amide bonds. The van der Waals surface area contributed by atoms with E-state index in [2.05, 4.69) is 19.7 Å². The predicted molar refractivity (Wildman–Crippen MR) is 77.4 cm³/mol. The van der Waals surface area contributed by atoms with Crippen LogP contribution in [0.2, 0.25) is 5.02 Å². The van der Waals surface area contributed by atoms with Gasteiger partial charge in [-0.05, 0) is 18.2 Å². The first-order chi connectivity index (χ1) is 9.61. The number of halogens is 2. The zero-order valence-electron chi connectivity index (χ0n) is 9.92. The molecule has 4 N–H and O–H groups in total. The molecule has 0 fully saturated rings. The molecule has 104 valence electrons. The topological polar surface area (TPSA) is 96.4 Å². The SMILES string of the molecule is Nc1nccnc1C(=Nc1ccc(F)c(Cl)c1)NSO. The standard InChI is InChI=1S/C11H9ClFN5OS/c12-7-5-6(1-2-8(7)13)17-11(18-20-19)9-10(14)16-4-3-15-9/h1-5,19H,(H2,14,16)(H,17,18). The number of benzene rings is 1. The average molecular weight is 314 g/mol. The summed E-state index contributed by atoms with van der Waals surface area (Å²) < 4.78 is 24.5. The molecule has 9 heteroatoms. The molecule has 2 rings (SSSR count). The third-order valence-electron chi connectivity index (χ3n) is 2.24. The summed E-state index contributed by atoms with van der Waals surface area (Å²) >= 11 is 6.01. The number of amidine groups is 1. The van der Waals surface area contributed by atoms with E-state index in [4.69, 9.17) is 21.9 Å². The molecular formula is C11H9ClFN5OS. The highest BCUT2D eigenvalue weighted by Crippen LogP contribution is 2.22. The van der Waals surface area contributed by atoms with Crippen LogP contribution in [0.3, 0.4) is 0 Å². The van der Waals surface area contributed by atoms with Gasteiger partial charge in [-0.25, -0.2) is 19.4 Å². The molecule has 0 unspecified atom stereocenters. The summed E-state index contributed by atoms with van der Waals surface area (Å²) in [7, 11) is 0. The number of nitrogens with one attached hydrogen (secondary N) is 1. The molecule has 2 aromatic rings. The molecule has 0 aliphatic carbocycles. The van der Waals surface area contributed by atoms with Gasteiger partial charge in [-0.2, -0.15) is 0 Å². The van der Waals surface area contributed by atoms with Crippen molar-refractivity contribution in [3.8, 4) is 0 Å². The zero-order valence-corrected chi connectivity index (χ0v) is 11.5. The van der Waals surface area contributed by atoms with Crippen molar-refractivity contribution >= 4 is 41.2 Å². The van der Waals surface area contributed by atoms with Gasteiger partial charge in [-0.1, -0.05) is 11.6 Å². The van der Waals surface area contributed by atoms with E-state index in [1.54, 1.807) is 0 Å². The monoisotopic (exact) mass is 313 g/mol. The second-order valence-electron chi connectivity index (χ2n) is 3.54. The number of nitrogens with two attached hydrogens (primary N) is 1. The molecule has 1 aromatic carbocycles. The van der Waals surface area contributed by atoms with E-state index in [0.717, 1.165) is 0 Å². The maximum Gasteiger partial charge on any atom is 0.168 e. The van der Waals surface area contributed by atoms with Crippen LogP contribution in [-0.2, 0) is 0 Å². The number of hydrogen-bond donors (Lipinski definition) is 3. The maximum atomic E-state index is 13.1. The molecule has 0 aliphatic heterocycles. The molecule has 6 nitrogen and oxygen atoms in total. The molecule has 1 aromatic heterocycles. The second-order valence-corrected chi connectivity index (χ2v) is 4.34. The summed E-state index contributed by atoms with van der Waals surface area (Å²) in [6.07, 6.45) is 2.86. The van der Waals surface area contributed by atoms with Gasteiger partial charge in [0.15, 0.2) is 11.7 Å². The van der Waals surface area contributed by atoms with Gasteiger partial charge in [0, 0.05) is 12.4 Å². The highest BCUT2D eigenvalue weighted by Gasteiger charge is 2.11. The molecule has 1 heterocycles. The lowest BCUT2D eigenvalue weighted by Crippen LogP contribution is -2.20. The number of nitrogens with zero attached hydrogens (tertiary/aromatic N) is 3. The van der Waals surface area contributed by atoms with Gasteiger partial charge in [0.05, 0.1) is 10.7 Å². The van der Waals surface area contributed by atoms with E-state index in [9.17, 15) is 4.39 Å². The third kappa shape index (κ3) is 3.35. The number of rotatable bonds is 3. The van der Waals surface area contributed by atoms with Crippen LogP contribution in [0.5, 0.6) is 0 Å². The van der Waals surface area contributed by atoms with E-state index in [1.165, 1.54) is 30.6 Å². The largest absolute Gasteiger partial charge is 0.382 e. The Hall–Kier alpha value is -1.90. The fourth-order valence-electron chi connectivity index (χ4n) is 1.38. The van der Waals surface area contributed by atoms with Crippen LogP contribution >= 0.6 is 23.8 Å². The first-order valence-electron chi connectivity index (χ1n) is 5.29. The van der Waals surface area contributed by atoms with Gasteiger partial charge in [0.25, 0.3) is 0 Å². The van der Waals surface area contributed by atoms with Crippen molar-refractivity contribution < 1.29 is 8.94 Å². The molecular weight excluding hydrogens is 305 g/mol. The Labute approximate surface area is 123 Å². The van der Waals surface area contributed by atoms with Crippen LogP contribution in [0.4, 0.5) is 15.9 Å². The molecule has 0 radical (unpaired) electrons. The van der Waals surface area contributed by atoms with Crippen molar-refractivity contribution in [2.75, 3.05) is 5.73 Å². The molecule has 0 spiro atoms. The highest BCUT2D eigenvalue weighted by molar-refractivity contribution is 7.92. The minimum absolute atomic E-state index is 0.0608. The lowest BCUT2D eigenvalue weighted by molar-refractivity contribution is 0.628. The van der Waals surface area contributed by atoms with Crippen molar-refractivity contribution in [1.82, 2.24) is 14.7 Å². The Morgan fingerprint density at radius 1 is 1.40 bits per heavy atom. The fraction of sp³-hybridized carbons (Fsp3) is 0. The van der Waals surface area contributed by atoms with E-state index in [1.807, 2.05) is 0 Å². The summed E-state index contributed by atoms with van der Waals surface area (Å²) in [5.41, 5.74) is 6.32. The average Bonchev–Trinajstić information content (AvgIpc) is 2.43. The van der Waals surface area contributed by atoms with Crippen LogP contribution < -0.4 is 10.5 Å². The zero-order chi connectivity index (χ0) is 14.5. The van der Waals surface area contributed by atoms with E-state index in [-0.39, 0.29) is 22.4 Å². The summed E-state index contributed by atoms with van der Waals surface area (Å²) in [5.74, 6) is -0.234. The van der Waals surface area contributed by atoms with Gasteiger partial charge >= 0.3 is 0 Å². The van der Waals surface area contributed by atoms with Gasteiger partial charge < -0.3 is 10.3 Å². The Morgan fingerprint density at radius 3 is 2.80 bits per heavy atom. The lowest BCUT2D eigenvalue weighted by Gasteiger charge is -2.07. The van der Waals surface area contributed by atoms with Crippen molar-refractivity contribution in [2.45, 2.75) is 0 Å².